The van der Waals surface area contributed by atoms with Crippen molar-refractivity contribution in [1.29, 1.82) is 0 Å². The van der Waals surface area contributed by atoms with Crippen LogP contribution in [0.3, 0.4) is 0 Å². The van der Waals surface area contributed by atoms with Crippen molar-refractivity contribution < 1.29 is 14.3 Å². The smallest absolute Gasteiger partial charge is 0.306 e. The van der Waals surface area contributed by atoms with Crippen molar-refractivity contribution in [2.45, 2.75) is 38.2 Å². The van der Waals surface area contributed by atoms with Gasteiger partial charge < -0.3 is 15.2 Å². The third-order valence-electron chi connectivity index (χ3n) is 2.27. The number of nitrogens with two attached hydrogens (primary N) is 1. The second-order valence-electron chi connectivity index (χ2n) is 3.57. The Morgan fingerprint density at radius 1 is 1.43 bits per heavy atom. The molecule has 1 unspecified atom stereocenters. The largest absolute Gasteiger partial charge is 0.460 e. The number of rotatable bonds is 6. The molecule has 1 aliphatic rings. The van der Waals surface area contributed by atoms with Crippen LogP contribution in [0.4, 0.5) is 0 Å². The van der Waals surface area contributed by atoms with Crippen molar-refractivity contribution in [1.82, 2.24) is 0 Å². The highest BCUT2D eigenvalue weighted by molar-refractivity contribution is 5.69. The highest BCUT2D eigenvalue weighted by Gasteiger charge is 2.19. The Balaban J connectivity index is 1.98. The molecule has 0 spiro atoms. The molecule has 4 nitrogen and oxygen atoms in total. The summed E-state index contributed by atoms with van der Waals surface area (Å²) in [6.07, 6.45) is 4.22. The van der Waals surface area contributed by atoms with Crippen molar-refractivity contribution in [2.75, 3.05) is 19.8 Å². The average molecular weight is 201 g/mol. The Kier molecular flexibility index (Phi) is 5.56. The van der Waals surface area contributed by atoms with E-state index in [1.807, 2.05) is 0 Å². The molecule has 82 valence electrons. The molecule has 0 bridgehead atoms. The van der Waals surface area contributed by atoms with E-state index in [0.29, 0.717) is 26.2 Å². The summed E-state index contributed by atoms with van der Waals surface area (Å²) >= 11 is 0. The van der Waals surface area contributed by atoms with E-state index in [1.165, 1.54) is 0 Å². The molecule has 4 heteroatoms. The van der Waals surface area contributed by atoms with Crippen molar-refractivity contribution in [3.8, 4) is 0 Å². The van der Waals surface area contributed by atoms with Crippen LogP contribution in [-0.2, 0) is 14.3 Å². The lowest BCUT2D eigenvalue weighted by molar-refractivity contribution is -0.149. The van der Waals surface area contributed by atoms with Crippen LogP contribution >= 0.6 is 0 Å². The monoisotopic (exact) mass is 201 g/mol. The number of unbranched alkanes of at least 4 members (excludes halogenated alkanes) is 2. The van der Waals surface area contributed by atoms with E-state index in [4.69, 9.17) is 15.2 Å². The number of carbonyl (C=O) groups is 1. The molecular weight excluding hydrogens is 182 g/mol. The molecule has 0 aromatic carbocycles. The fourth-order valence-electron chi connectivity index (χ4n) is 1.44. The molecule has 0 aromatic rings. The lowest BCUT2D eigenvalue weighted by Crippen LogP contribution is -2.17. The third-order valence-corrected chi connectivity index (χ3v) is 2.27. The van der Waals surface area contributed by atoms with Gasteiger partial charge in [-0.2, -0.15) is 0 Å². The van der Waals surface area contributed by atoms with Crippen molar-refractivity contribution >= 4 is 5.97 Å². The highest BCUT2D eigenvalue weighted by Crippen LogP contribution is 2.10. The van der Waals surface area contributed by atoms with Crippen LogP contribution in [0.15, 0.2) is 0 Å². The lowest BCUT2D eigenvalue weighted by Gasteiger charge is -2.09. The fourth-order valence-corrected chi connectivity index (χ4v) is 1.44. The molecule has 1 fully saturated rings. The molecule has 2 N–H and O–H groups in total. The maximum absolute atomic E-state index is 11.3. The number of esters is 1. The minimum absolute atomic E-state index is 0.00277. The third kappa shape index (κ3) is 4.58. The molecule has 0 saturated carbocycles. The number of ether oxygens (including phenoxy) is 2. The van der Waals surface area contributed by atoms with Gasteiger partial charge in [-0.15, -0.1) is 0 Å². The molecule has 1 atom stereocenters. The quantitative estimate of drug-likeness (QED) is 0.511. The van der Waals surface area contributed by atoms with Crippen molar-refractivity contribution in [2.24, 2.45) is 5.73 Å². The number of hydrogen-bond donors (Lipinski definition) is 1. The molecular formula is C10H19NO3. The van der Waals surface area contributed by atoms with Gasteiger partial charge in [0.25, 0.3) is 0 Å². The maximum Gasteiger partial charge on any atom is 0.306 e. The summed E-state index contributed by atoms with van der Waals surface area (Å²) in [6.45, 7) is 1.98. The lowest BCUT2D eigenvalue weighted by atomic mass is 10.2. The van der Waals surface area contributed by atoms with Crippen LogP contribution in [0.25, 0.3) is 0 Å². The van der Waals surface area contributed by atoms with Gasteiger partial charge in [0.15, 0.2) is 0 Å². The Labute approximate surface area is 84.7 Å². The fraction of sp³-hybridized carbons (Fsp3) is 0.900. The predicted octanol–water partition coefficient (Wildman–Crippen LogP) is 0.838. The van der Waals surface area contributed by atoms with E-state index in [9.17, 15) is 4.79 Å². The van der Waals surface area contributed by atoms with Gasteiger partial charge >= 0.3 is 5.97 Å². The first-order valence-electron chi connectivity index (χ1n) is 5.30. The van der Waals surface area contributed by atoms with Gasteiger partial charge in [0.05, 0.1) is 13.2 Å². The minimum atomic E-state index is -0.0995. The molecule has 1 aliphatic heterocycles. The van der Waals surface area contributed by atoms with Crippen LogP contribution in [0, 0.1) is 0 Å². The summed E-state index contributed by atoms with van der Waals surface area (Å²) < 4.78 is 10.3. The van der Waals surface area contributed by atoms with Crippen molar-refractivity contribution in [3.63, 3.8) is 0 Å². The summed E-state index contributed by atoms with van der Waals surface area (Å²) in [4.78, 5) is 11.3. The molecule has 0 amide bonds. The molecule has 14 heavy (non-hydrogen) atoms. The normalized spacial score (nSPS) is 21.1. The zero-order valence-electron chi connectivity index (χ0n) is 8.54. The van der Waals surface area contributed by atoms with E-state index in [1.54, 1.807) is 0 Å². The van der Waals surface area contributed by atoms with Gasteiger partial charge in [0.2, 0.25) is 0 Å². The van der Waals surface area contributed by atoms with E-state index >= 15 is 0 Å². The summed E-state index contributed by atoms with van der Waals surface area (Å²) in [5.41, 5.74) is 5.34. The van der Waals surface area contributed by atoms with Gasteiger partial charge in [0, 0.05) is 12.8 Å². The molecule has 0 aliphatic carbocycles. The molecule has 1 heterocycles. The first kappa shape index (κ1) is 11.5. The summed E-state index contributed by atoms with van der Waals surface area (Å²) in [5.74, 6) is -0.0995. The average Bonchev–Trinajstić information content (AvgIpc) is 2.65. The number of hydrogen-bond acceptors (Lipinski definition) is 4. The Bertz CT molecular complexity index is 167. The Hall–Kier alpha value is -0.610. The van der Waals surface area contributed by atoms with Crippen LogP contribution < -0.4 is 5.73 Å². The van der Waals surface area contributed by atoms with Crippen LogP contribution in [-0.4, -0.2) is 31.8 Å². The molecule has 1 saturated heterocycles. The van der Waals surface area contributed by atoms with Crippen LogP contribution in [0.2, 0.25) is 0 Å². The maximum atomic E-state index is 11.3. The van der Waals surface area contributed by atoms with E-state index in [0.717, 1.165) is 25.7 Å². The summed E-state index contributed by atoms with van der Waals surface area (Å²) in [7, 11) is 0. The van der Waals surface area contributed by atoms with Gasteiger partial charge in [-0.3, -0.25) is 4.79 Å². The molecule has 0 radical (unpaired) electrons. The standard InChI is InChI=1S/C10H19NO3/c11-6-3-1-2-4-10(12)14-9-5-7-13-8-9/h9H,1-8,11H2. The predicted molar refractivity (Wildman–Crippen MR) is 52.8 cm³/mol. The zero-order valence-corrected chi connectivity index (χ0v) is 8.54. The van der Waals surface area contributed by atoms with E-state index < -0.39 is 0 Å². The highest BCUT2D eigenvalue weighted by atomic mass is 16.6. The number of carbonyl (C=O) groups excluding carboxylic acids is 1. The Morgan fingerprint density at radius 3 is 2.93 bits per heavy atom. The first-order valence-corrected chi connectivity index (χ1v) is 5.30. The van der Waals surface area contributed by atoms with E-state index in [2.05, 4.69) is 0 Å². The van der Waals surface area contributed by atoms with Crippen molar-refractivity contribution in [3.05, 3.63) is 0 Å². The van der Waals surface area contributed by atoms with Gasteiger partial charge in [-0.05, 0) is 19.4 Å². The molecule has 0 aromatic heterocycles. The van der Waals surface area contributed by atoms with E-state index in [-0.39, 0.29) is 12.1 Å². The SMILES string of the molecule is NCCCCCC(=O)OC1CCOC1. The topological polar surface area (TPSA) is 61.6 Å². The van der Waals surface area contributed by atoms with Gasteiger partial charge in [-0.1, -0.05) is 6.42 Å². The van der Waals surface area contributed by atoms with Gasteiger partial charge in [0.1, 0.15) is 6.10 Å². The first-order chi connectivity index (χ1) is 6.83. The van der Waals surface area contributed by atoms with Gasteiger partial charge in [-0.25, -0.2) is 0 Å². The zero-order chi connectivity index (χ0) is 10.2. The summed E-state index contributed by atoms with van der Waals surface area (Å²) in [6, 6.07) is 0. The van der Waals surface area contributed by atoms with Crippen LogP contribution in [0.1, 0.15) is 32.1 Å². The Morgan fingerprint density at radius 2 is 2.29 bits per heavy atom. The summed E-state index contributed by atoms with van der Waals surface area (Å²) in [5, 5.41) is 0. The minimum Gasteiger partial charge on any atom is -0.460 e. The van der Waals surface area contributed by atoms with Crippen LogP contribution in [0.5, 0.6) is 0 Å². The molecule has 1 rings (SSSR count). The second-order valence-corrected chi connectivity index (χ2v) is 3.57. The second kappa shape index (κ2) is 6.79.